The molecule has 0 aliphatic carbocycles. The summed E-state index contributed by atoms with van der Waals surface area (Å²) >= 11 is 0. The van der Waals surface area contributed by atoms with Crippen molar-refractivity contribution in [2.45, 2.75) is 0 Å². The number of anilines is 3. The lowest BCUT2D eigenvalue weighted by Gasteiger charge is -2.30. The Balaban J connectivity index is 1.24. The summed E-state index contributed by atoms with van der Waals surface area (Å²) in [5.41, 5.74) is 13.9. The summed E-state index contributed by atoms with van der Waals surface area (Å²) in [7, 11) is 0. The first-order valence-electron chi connectivity index (χ1n) is 19.9. The van der Waals surface area contributed by atoms with Crippen molar-refractivity contribution in [2.24, 2.45) is 0 Å². The van der Waals surface area contributed by atoms with Crippen LogP contribution in [0.2, 0.25) is 0 Å². The Labute approximate surface area is 338 Å². The molecule has 0 saturated carbocycles. The van der Waals surface area contributed by atoms with Gasteiger partial charge in [0, 0.05) is 27.6 Å². The van der Waals surface area contributed by atoms with E-state index in [2.05, 4.69) is 240 Å². The van der Waals surface area contributed by atoms with Crippen molar-refractivity contribution in [3.63, 3.8) is 0 Å². The highest BCUT2D eigenvalue weighted by atomic mass is 15.2. The van der Waals surface area contributed by atoms with E-state index < -0.39 is 0 Å². The topological polar surface area (TPSA) is 8.17 Å². The van der Waals surface area contributed by atoms with E-state index in [1.807, 2.05) is 0 Å². The van der Waals surface area contributed by atoms with Gasteiger partial charge in [-0.2, -0.15) is 0 Å². The maximum Gasteiger partial charge on any atom is 0.0562 e. The van der Waals surface area contributed by atoms with Crippen molar-refractivity contribution in [3.05, 3.63) is 231 Å². The first-order chi connectivity index (χ1) is 28.8. The van der Waals surface area contributed by atoms with Gasteiger partial charge < -0.3 is 9.47 Å². The Kier molecular flexibility index (Phi) is 8.19. The zero-order valence-corrected chi connectivity index (χ0v) is 31.8. The molecule has 58 heavy (non-hydrogen) atoms. The molecule has 11 aromatic rings. The standard InChI is InChI=1S/C56H38N2/c1-3-18-41(19-4-1)47-28-11-13-32-51(47)58-52-33-14-12-29-50(52)56-53(34-17-35-54(56)58)57(43-24-5-2-6-25-43)55-38-42(46-30-15-22-39-20-7-9-26-44(39)46)36-37-49(55)48-31-16-23-40-21-8-10-27-45(40)48/h1-38H. The van der Waals surface area contributed by atoms with Crippen molar-refractivity contribution in [1.29, 1.82) is 0 Å². The number of hydrogen-bond donors (Lipinski definition) is 0. The average molecular weight is 739 g/mol. The van der Waals surface area contributed by atoms with Crippen LogP contribution in [0.4, 0.5) is 17.1 Å². The molecule has 0 radical (unpaired) electrons. The van der Waals surface area contributed by atoms with E-state index in [-0.39, 0.29) is 0 Å². The van der Waals surface area contributed by atoms with Crippen LogP contribution in [0, 0.1) is 0 Å². The Morgan fingerprint density at radius 1 is 0.310 bits per heavy atom. The van der Waals surface area contributed by atoms with E-state index in [4.69, 9.17) is 0 Å². The number of hydrogen-bond acceptors (Lipinski definition) is 1. The molecular weight excluding hydrogens is 701 g/mol. The highest BCUT2D eigenvalue weighted by Gasteiger charge is 2.25. The second kappa shape index (κ2) is 14.1. The fourth-order valence-electron chi connectivity index (χ4n) is 9.01. The second-order valence-corrected chi connectivity index (χ2v) is 14.9. The lowest BCUT2D eigenvalue weighted by molar-refractivity contribution is 1.18. The molecule has 2 nitrogen and oxygen atoms in total. The van der Waals surface area contributed by atoms with Crippen molar-refractivity contribution in [1.82, 2.24) is 4.57 Å². The predicted molar refractivity (Wildman–Crippen MR) is 247 cm³/mol. The van der Waals surface area contributed by atoms with E-state index in [9.17, 15) is 0 Å². The van der Waals surface area contributed by atoms with Crippen LogP contribution in [0.15, 0.2) is 231 Å². The average Bonchev–Trinajstić information content (AvgIpc) is 3.64. The maximum atomic E-state index is 2.49. The minimum Gasteiger partial charge on any atom is -0.309 e. The first-order valence-corrected chi connectivity index (χ1v) is 19.9. The number of rotatable bonds is 7. The summed E-state index contributed by atoms with van der Waals surface area (Å²) in [6.07, 6.45) is 0. The van der Waals surface area contributed by atoms with Gasteiger partial charge in [0.25, 0.3) is 0 Å². The van der Waals surface area contributed by atoms with E-state index in [0.29, 0.717) is 0 Å². The maximum absolute atomic E-state index is 2.49. The molecule has 0 bridgehead atoms. The molecule has 0 saturated heterocycles. The SMILES string of the molecule is c1ccc(-c2ccccc2-n2c3ccccc3c3c(N(c4ccccc4)c4cc(-c5cccc6ccccc56)ccc4-c4cccc5ccccc45)cccc32)cc1. The minimum absolute atomic E-state index is 1.09. The smallest absolute Gasteiger partial charge is 0.0562 e. The van der Waals surface area contributed by atoms with Crippen LogP contribution in [0.1, 0.15) is 0 Å². The van der Waals surface area contributed by atoms with Crippen LogP contribution < -0.4 is 4.90 Å². The molecule has 272 valence electrons. The van der Waals surface area contributed by atoms with Crippen molar-refractivity contribution >= 4 is 60.4 Å². The third-order valence-electron chi connectivity index (χ3n) is 11.6. The number of benzene rings is 10. The normalized spacial score (nSPS) is 11.4. The van der Waals surface area contributed by atoms with Gasteiger partial charge in [0.15, 0.2) is 0 Å². The predicted octanol–water partition coefficient (Wildman–Crippen LogP) is 15.6. The lowest BCUT2D eigenvalue weighted by Crippen LogP contribution is -2.12. The molecule has 0 N–H and O–H groups in total. The quantitative estimate of drug-likeness (QED) is 0.158. The van der Waals surface area contributed by atoms with Crippen molar-refractivity contribution in [2.75, 3.05) is 4.90 Å². The molecule has 0 atom stereocenters. The van der Waals surface area contributed by atoms with Crippen molar-refractivity contribution < 1.29 is 0 Å². The van der Waals surface area contributed by atoms with Crippen molar-refractivity contribution in [3.8, 4) is 39.1 Å². The van der Waals surface area contributed by atoms with Gasteiger partial charge in [0.2, 0.25) is 0 Å². The molecule has 0 unspecified atom stereocenters. The van der Waals surface area contributed by atoms with Gasteiger partial charge in [0.05, 0.1) is 28.1 Å². The van der Waals surface area contributed by atoms with E-state index >= 15 is 0 Å². The highest BCUT2D eigenvalue weighted by Crippen LogP contribution is 2.49. The molecule has 2 heteroatoms. The monoisotopic (exact) mass is 738 g/mol. The molecule has 10 aromatic carbocycles. The van der Waals surface area contributed by atoms with Crippen LogP contribution in [0.5, 0.6) is 0 Å². The molecule has 0 fully saturated rings. The van der Waals surface area contributed by atoms with Gasteiger partial charge in [0.1, 0.15) is 0 Å². The van der Waals surface area contributed by atoms with Crippen LogP contribution >= 0.6 is 0 Å². The molecular formula is C56H38N2. The Hall–Kier alpha value is -7.68. The number of aromatic nitrogens is 1. The van der Waals surface area contributed by atoms with Crippen LogP contribution in [0.25, 0.3) is 82.4 Å². The van der Waals surface area contributed by atoms with E-state index in [0.717, 1.165) is 28.3 Å². The summed E-state index contributed by atoms with van der Waals surface area (Å²) in [6, 6.07) is 83.8. The van der Waals surface area contributed by atoms with Crippen LogP contribution in [-0.4, -0.2) is 4.57 Å². The molecule has 11 rings (SSSR count). The van der Waals surface area contributed by atoms with Gasteiger partial charge in [-0.25, -0.2) is 0 Å². The van der Waals surface area contributed by atoms with E-state index in [1.54, 1.807) is 0 Å². The van der Waals surface area contributed by atoms with Gasteiger partial charge >= 0.3 is 0 Å². The third kappa shape index (κ3) is 5.57. The molecule has 0 spiro atoms. The highest BCUT2D eigenvalue weighted by molar-refractivity contribution is 6.17. The minimum atomic E-state index is 1.09. The Morgan fingerprint density at radius 2 is 0.862 bits per heavy atom. The summed E-state index contributed by atoms with van der Waals surface area (Å²) < 4.78 is 2.46. The lowest BCUT2D eigenvalue weighted by atomic mass is 9.92. The number of nitrogens with zero attached hydrogens (tertiary/aromatic N) is 2. The Bertz CT molecular complexity index is 3280. The zero-order valence-electron chi connectivity index (χ0n) is 31.8. The summed E-state index contributed by atoms with van der Waals surface area (Å²) in [4.78, 5) is 2.49. The summed E-state index contributed by atoms with van der Waals surface area (Å²) in [5.74, 6) is 0. The van der Waals surface area contributed by atoms with E-state index in [1.165, 1.54) is 71.2 Å². The fourth-order valence-corrected chi connectivity index (χ4v) is 9.01. The molecule has 0 aliphatic rings. The largest absolute Gasteiger partial charge is 0.309 e. The van der Waals surface area contributed by atoms with Gasteiger partial charge in [-0.1, -0.05) is 188 Å². The molecule has 1 heterocycles. The van der Waals surface area contributed by atoms with Crippen LogP contribution in [-0.2, 0) is 0 Å². The van der Waals surface area contributed by atoms with Gasteiger partial charge in [-0.15, -0.1) is 0 Å². The Morgan fingerprint density at radius 3 is 1.64 bits per heavy atom. The number of fused-ring (bicyclic) bond motifs is 5. The third-order valence-corrected chi connectivity index (χ3v) is 11.6. The summed E-state index contributed by atoms with van der Waals surface area (Å²) in [5, 5.41) is 7.32. The van der Waals surface area contributed by atoms with Crippen LogP contribution in [0.3, 0.4) is 0 Å². The summed E-state index contributed by atoms with van der Waals surface area (Å²) in [6.45, 7) is 0. The molecule has 1 aromatic heterocycles. The number of para-hydroxylation sites is 3. The molecule has 0 aliphatic heterocycles. The fraction of sp³-hybridized carbons (Fsp3) is 0. The second-order valence-electron chi connectivity index (χ2n) is 14.9. The first kappa shape index (κ1) is 33.6. The van der Waals surface area contributed by atoms with Gasteiger partial charge in [-0.3, -0.25) is 0 Å². The van der Waals surface area contributed by atoms with Gasteiger partial charge in [-0.05, 0) is 86.3 Å². The zero-order chi connectivity index (χ0) is 38.4. The molecule has 0 amide bonds.